The SMILES string of the molecule is CCCCOc1cc(/C=N\NC(=O)c2ccc(Cl)cc2)ccc1OC. The molecule has 132 valence electrons. The smallest absolute Gasteiger partial charge is 0.271 e. The van der Waals surface area contributed by atoms with Gasteiger partial charge >= 0.3 is 0 Å². The van der Waals surface area contributed by atoms with E-state index in [1.54, 1.807) is 37.6 Å². The number of nitrogens with one attached hydrogen (secondary N) is 1. The van der Waals surface area contributed by atoms with Crippen molar-refractivity contribution in [2.45, 2.75) is 19.8 Å². The molecule has 1 N–H and O–H groups in total. The number of amides is 1. The summed E-state index contributed by atoms with van der Waals surface area (Å²) >= 11 is 5.80. The molecule has 0 saturated carbocycles. The molecule has 0 spiro atoms. The maximum atomic E-state index is 12.0. The van der Waals surface area contributed by atoms with E-state index >= 15 is 0 Å². The van der Waals surface area contributed by atoms with Gasteiger partial charge in [0.1, 0.15) is 0 Å². The van der Waals surface area contributed by atoms with E-state index in [4.69, 9.17) is 21.1 Å². The number of methoxy groups -OCH3 is 1. The lowest BCUT2D eigenvalue weighted by atomic mass is 10.2. The molecular formula is C19H21ClN2O3. The van der Waals surface area contributed by atoms with Crippen LogP contribution in [0, 0.1) is 0 Å². The molecule has 2 aromatic rings. The highest BCUT2D eigenvalue weighted by Gasteiger charge is 2.06. The van der Waals surface area contributed by atoms with Gasteiger partial charge in [-0.2, -0.15) is 5.10 Å². The Morgan fingerprint density at radius 1 is 1.20 bits per heavy atom. The highest BCUT2D eigenvalue weighted by Crippen LogP contribution is 2.27. The topological polar surface area (TPSA) is 59.9 Å². The molecule has 0 aliphatic heterocycles. The first kappa shape index (κ1) is 18.8. The monoisotopic (exact) mass is 360 g/mol. The zero-order chi connectivity index (χ0) is 18.1. The van der Waals surface area contributed by atoms with Crippen LogP contribution in [-0.2, 0) is 0 Å². The first-order valence-corrected chi connectivity index (χ1v) is 8.41. The van der Waals surface area contributed by atoms with Crippen LogP contribution in [0.25, 0.3) is 0 Å². The number of benzene rings is 2. The fraction of sp³-hybridized carbons (Fsp3) is 0.263. The van der Waals surface area contributed by atoms with Gasteiger partial charge in [-0.05, 0) is 54.4 Å². The lowest BCUT2D eigenvalue weighted by Crippen LogP contribution is -2.17. The van der Waals surface area contributed by atoms with Crippen LogP contribution in [0.15, 0.2) is 47.6 Å². The second kappa shape index (κ2) is 9.69. The summed E-state index contributed by atoms with van der Waals surface area (Å²) in [6.45, 7) is 2.73. The van der Waals surface area contributed by atoms with Crippen molar-refractivity contribution in [2.75, 3.05) is 13.7 Å². The summed E-state index contributed by atoms with van der Waals surface area (Å²) in [7, 11) is 1.60. The zero-order valence-electron chi connectivity index (χ0n) is 14.3. The van der Waals surface area contributed by atoms with Crippen LogP contribution in [0.5, 0.6) is 11.5 Å². The van der Waals surface area contributed by atoms with Crippen molar-refractivity contribution in [2.24, 2.45) is 5.10 Å². The van der Waals surface area contributed by atoms with Gasteiger partial charge in [0.25, 0.3) is 5.91 Å². The van der Waals surface area contributed by atoms with E-state index in [1.165, 1.54) is 0 Å². The fourth-order valence-corrected chi connectivity index (χ4v) is 2.17. The summed E-state index contributed by atoms with van der Waals surface area (Å²) in [6, 6.07) is 12.1. The number of carbonyl (C=O) groups is 1. The lowest BCUT2D eigenvalue weighted by molar-refractivity contribution is 0.0955. The standard InChI is InChI=1S/C19H21ClN2O3/c1-3-4-11-25-18-12-14(5-10-17(18)24-2)13-21-22-19(23)15-6-8-16(20)9-7-15/h5-10,12-13H,3-4,11H2,1-2H3,(H,22,23)/b21-13-. The van der Waals surface area contributed by atoms with Crippen LogP contribution < -0.4 is 14.9 Å². The number of hydrogen-bond donors (Lipinski definition) is 1. The molecule has 0 unspecified atom stereocenters. The van der Waals surface area contributed by atoms with E-state index in [0.717, 1.165) is 18.4 Å². The van der Waals surface area contributed by atoms with Crippen molar-refractivity contribution in [3.8, 4) is 11.5 Å². The van der Waals surface area contributed by atoms with Gasteiger partial charge in [0.05, 0.1) is 19.9 Å². The molecular weight excluding hydrogens is 340 g/mol. The Hall–Kier alpha value is -2.53. The molecule has 0 bridgehead atoms. The molecule has 0 aliphatic rings. The Morgan fingerprint density at radius 3 is 2.64 bits per heavy atom. The van der Waals surface area contributed by atoms with E-state index in [-0.39, 0.29) is 5.91 Å². The third-order valence-electron chi connectivity index (χ3n) is 3.43. The van der Waals surface area contributed by atoms with E-state index in [9.17, 15) is 4.79 Å². The van der Waals surface area contributed by atoms with Crippen LogP contribution >= 0.6 is 11.6 Å². The average molecular weight is 361 g/mol. The molecule has 25 heavy (non-hydrogen) atoms. The van der Waals surface area contributed by atoms with Gasteiger partial charge in [0, 0.05) is 10.6 Å². The number of ether oxygens (including phenoxy) is 2. The summed E-state index contributed by atoms with van der Waals surface area (Å²) in [4.78, 5) is 12.0. The van der Waals surface area contributed by atoms with Crippen LogP contribution in [0.4, 0.5) is 0 Å². The van der Waals surface area contributed by atoms with Gasteiger partial charge in [-0.15, -0.1) is 0 Å². The lowest BCUT2D eigenvalue weighted by Gasteiger charge is -2.10. The number of unbranched alkanes of at least 4 members (excludes halogenated alkanes) is 1. The van der Waals surface area contributed by atoms with Crippen molar-refractivity contribution in [3.05, 3.63) is 58.6 Å². The van der Waals surface area contributed by atoms with Crippen LogP contribution in [0.2, 0.25) is 5.02 Å². The van der Waals surface area contributed by atoms with Gasteiger partial charge < -0.3 is 9.47 Å². The molecule has 1 amide bonds. The van der Waals surface area contributed by atoms with Crippen molar-refractivity contribution < 1.29 is 14.3 Å². The first-order valence-electron chi connectivity index (χ1n) is 8.04. The molecule has 0 heterocycles. The summed E-state index contributed by atoms with van der Waals surface area (Å²) in [5.74, 6) is 1.02. The predicted octanol–water partition coefficient (Wildman–Crippen LogP) is 4.29. The molecule has 0 fully saturated rings. The summed E-state index contributed by atoms with van der Waals surface area (Å²) in [6.07, 6.45) is 3.58. The Kier molecular flexibility index (Phi) is 7.29. The maximum Gasteiger partial charge on any atom is 0.271 e. The summed E-state index contributed by atoms with van der Waals surface area (Å²) in [5.41, 5.74) is 3.76. The second-order valence-corrected chi connectivity index (χ2v) is 5.75. The molecule has 0 aromatic heterocycles. The van der Waals surface area contributed by atoms with Crippen molar-refractivity contribution in [1.82, 2.24) is 5.43 Å². The van der Waals surface area contributed by atoms with E-state index < -0.39 is 0 Å². The van der Waals surface area contributed by atoms with Gasteiger partial charge in [0.15, 0.2) is 11.5 Å². The van der Waals surface area contributed by atoms with Crippen LogP contribution in [0.1, 0.15) is 35.7 Å². The number of nitrogens with zero attached hydrogens (tertiary/aromatic N) is 1. The molecule has 2 aromatic carbocycles. The summed E-state index contributed by atoms with van der Waals surface area (Å²) < 4.78 is 11.0. The Labute approximate surface area is 152 Å². The number of hydrogen-bond acceptors (Lipinski definition) is 4. The molecule has 0 radical (unpaired) electrons. The Bertz CT molecular complexity index is 730. The molecule has 5 nitrogen and oxygen atoms in total. The minimum atomic E-state index is -0.305. The Balaban J connectivity index is 2.00. The molecule has 0 aliphatic carbocycles. The average Bonchev–Trinajstić information content (AvgIpc) is 2.62. The highest BCUT2D eigenvalue weighted by atomic mass is 35.5. The predicted molar refractivity (Wildman–Crippen MR) is 99.9 cm³/mol. The number of halogens is 1. The van der Waals surface area contributed by atoms with E-state index in [0.29, 0.717) is 28.7 Å². The fourth-order valence-electron chi connectivity index (χ4n) is 2.04. The first-order chi connectivity index (χ1) is 12.1. The number of hydrazone groups is 1. The minimum Gasteiger partial charge on any atom is -0.493 e. The third-order valence-corrected chi connectivity index (χ3v) is 3.68. The van der Waals surface area contributed by atoms with Crippen LogP contribution in [-0.4, -0.2) is 25.8 Å². The highest BCUT2D eigenvalue weighted by molar-refractivity contribution is 6.30. The molecule has 0 saturated heterocycles. The number of carbonyl (C=O) groups excluding carboxylic acids is 1. The Morgan fingerprint density at radius 2 is 1.96 bits per heavy atom. The molecule has 6 heteroatoms. The third kappa shape index (κ3) is 5.80. The quantitative estimate of drug-likeness (QED) is 0.434. The van der Waals surface area contributed by atoms with E-state index in [2.05, 4.69) is 17.5 Å². The van der Waals surface area contributed by atoms with Crippen molar-refractivity contribution in [1.29, 1.82) is 0 Å². The maximum absolute atomic E-state index is 12.0. The molecule has 0 atom stereocenters. The molecule has 2 rings (SSSR count). The van der Waals surface area contributed by atoms with Crippen LogP contribution in [0.3, 0.4) is 0 Å². The minimum absolute atomic E-state index is 0.305. The summed E-state index contributed by atoms with van der Waals surface area (Å²) in [5, 5.41) is 4.56. The van der Waals surface area contributed by atoms with Crippen molar-refractivity contribution >= 4 is 23.7 Å². The normalized spacial score (nSPS) is 10.7. The van der Waals surface area contributed by atoms with Gasteiger partial charge in [-0.3, -0.25) is 4.79 Å². The second-order valence-electron chi connectivity index (χ2n) is 5.32. The van der Waals surface area contributed by atoms with E-state index in [1.807, 2.05) is 18.2 Å². The largest absolute Gasteiger partial charge is 0.493 e. The zero-order valence-corrected chi connectivity index (χ0v) is 15.0. The van der Waals surface area contributed by atoms with Gasteiger partial charge in [0.2, 0.25) is 0 Å². The van der Waals surface area contributed by atoms with Gasteiger partial charge in [-0.1, -0.05) is 24.9 Å². The number of rotatable bonds is 8. The van der Waals surface area contributed by atoms with Gasteiger partial charge in [-0.25, -0.2) is 5.43 Å². The van der Waals surface area contributed by atoms with Crippen molar-refractivity contribution in [3.63, 3.8) is 0 Å².